The highest BCUT2D eigenvalue weighted by Crippen LogP contribution is 2.36. The van der Waals surface area contributed by atoms with Gasteiger partial charge in [-0.2, -0.15) is 0 Å². The summed E-state index contributed by atoms with van der Waals surface area (Å²) in [4.78, 5) is 16.5. The molecule has 0 atom stereocenters. The third kappa shape index (κ3) is 2.51. The smallest absolute Gasteiger partial charge is 0.358 e. The first-order chi connectivity index (χ1) is 8.52. The summed E-state index contributed by atoms with van der Waals surface area (Å²) in [6.45, 7) is 1.82. The van der Waals surface area contributed by atoms with Crippen molar-refractivity contribution in [2.75, 3.05) is 7.11 Å². The number of nitrogens with zero attached hydrogens (tertiary/aromatic N) is 1. The standard InChI is InChI=1S/C12H9Cl2NO2S/c1-6-15-10(12(16)17-2)11(18-6)8-4-3-7(13)5-9(8)14/h3-5H,1-2H3. The summed E-state index contributed by atoms with van der Waals surface area (Å²) in [5, 5.41) is 1.80. The van der Waals surface area contributed by atoms with E-state index in [1.165, 1.54) is 18.4 Å². The summed E-state index contributed by atoms with van der Waals surface area (Å²) in [5.74, 6) is -0.472. The molecule has 1 aromatic carbocycles. The van der Waals surface area contributed by atoms with Crippen molar-refractivity contribution >= 4 is 40.5 Å². The quantitative estimate of drug-likeness (QED) is 0.780. The Bertz CT molecular complexity index is 610. The summed E-state index contributed by atoms with van der Waals surface area (Å²) < 4.78 is 4.71. The van der Waals surface area contributed by atoms with E-state index in [1.807, 2.05) is 6.92 Å². The van der Waals surface area contributed by atoms with Gasteiger partial charge in [-0.05, 0) is 19.1 Å². The second-order valence-corrected chi connectivity index (χ2v) is 5.57. The summed E-state index contributed by atoms with van der Waals surface area (Å²) in [6.07, 6.45) is 0. The Hall–Kier alpha value is -1.10. The fraction of sp³-hybridized carbons (Fsp3) is 0.167. The maximum Gasteiger partial charge on any atom is 0.358 e. The Morgan fingerprint density at radius 2 is 2.11 bits per heavy atom. The molecular formula is C12H9Cl2NO2S. The average molecular weight is 302 g/mol. The predicted molar refractivity (Wildman–Crippen MR) is 73.6 cm³/mol. The maximum atomic E-state index is 11.7. The first kappa shape index (κ1) is 13.3. The molecular weight excluding hydrogens is 293 g/mol. The Morgan fingerprint density at radius 3 is 2.72 bits per heavy atom. The van der Waals surface area contributed by atoms with Gasteiger partial charge in [0, 0.05) is 10.6 Å². The maximum absolute atomic E-state index is 11.7. The fourth-order valence-electron chi connectivity index (χ4n) is 1.52. The number of halogens is 2. The van der Waals surface area contributed by atoms with Crippen molar-refractivity contribution in [2.24, 2.45) is 0 Å². The number of ether oxygens (including phenoxy) is 1. The molecule has 0 N–H and O–H groups in total. The molecule has 0 unspecified atom stereocenters. The number of rotatable bonds is 2. The zero-order valence-corrected chi connectivity index (χ0v) is 12.0. The van der Waals surface area contributed by atoms with E-state index in [1.54, 1.807) is 18.2 Å². The van der Waals surface area contributed by atoms with Gasteiger partial charge in [0.2, 0.25) is 0 Å². The summed E-state index contributed by atoms with van der Waals surface area (Å²) >= 11 is 13.4. The minimum absolute atomic E-state index is 0.282. The number of carbonyl (C=O) groups is 1. The van der Waals surface area contributed by atoms with E-state index < -0.39 is 5.97 Å². The lowest BCUT2D eigenvalue weighted by molar-refractivity contribution is 0.0595. The second-order valence-electron chi connectivity index (χ2n) is 3.53. The van der Waals surface area contributed by atoms with Crippen molar-refractivity contribution in [1.29, 1.82) is 0 Å². The lowest BCUT2D eigenvalue weighted by Gasteiger charge is -2.04. The molecule has 1 heterocycles. The molecule has 2 aromatic rings. The Labute approximate surface area is 118 Å². The van der Waals surface area contributed by atoms with Crippen molar-refractivity contribution in [2.45, 2.75) is 6.92 Å². The van der Waals surface area contributed by atoms with E-state index in [2.05, 4.69) is 4.98 Å². The van der Waals surface area contributed by atoms with Crippen molar-refractivity contribution in [3.63, 3.8) is 0 Å². The van der Waals surface area contributed by atoms with Crippen molar-refractivity contribution < 1.29 is 9.53 Å². The van der Waals surface area contributed by atoms with Crippen molar-refractivity contribution in [3.8, 4) is 10.4 Å². The van der Waals surface area contributed by atoms with Crippen LogP contribution < -0.4 is 0 Å². The number of aromatic nitrogens is 1. The lowest BCUT2D eigenvalue weighted by Crippen LogP contribution is -2.03. The fourth-order valence-corrected chi connectivity index (χ4v) is 3.02. The van der Waals surface area contributed by atoms with Crippen LogP contribution in [0.15, 0.2) is 18.2 Å². The molecule has 0 saturated carbocycles. The molecule has 0 aliphatic rings. The van der Waals surface area contributed by atoms with Gasteiger partial charge in [0.05, 0.1) is 22.0 Å². The largest absolute Gasteiger partial charge is 0.464 e. The van der Waals surface area contributed by atoms with Crippen LogP contribution in [-0.2, 0) is 4.74 Å². The molecule has 1 aromatic heterocycles. The molecule has 0 aliphatic heterocycles. The first-order valence-corrected chi connectivity index (χ1v) is 6.61. The second kappa shape index (κ2) is 5.26. The van der Waals surface area contributed by atoms with Gasteiger partial charge in [0.25, 0.3) is 0 Å². The van der Waals surface area contributed by atoms with Crippen LogP contribution in [0.4, 0.5) is 0 Å². The molecule has 0 amide bonds. The van der Waals surface area contributed by atoms with Crippen LogP contribution in [0.2, 0.25) is 10.0 Å². The minimum Gasteiger partial charge on any atom is -0.464 e. The first-order valence-electron chi connectivity index (χ1n) is 5.04. The number of aryl methyl sites for hydroxylation is 1. The minimum atomic E-state index is -0.472. The highest BCUT2D eigenvalue weighted by Gasteiger charge is 2.20. The third-order valence-electron chi connectivity index (χ3n) is 2.29. The zero-order valence-electron chi connectivity index (χ0n) is 9.66. The normalized spacial score (nSPS) is 10.4. The van der Waals surface area contributed by atoms with E-state index in [0.29, 0.717) is 14.9 Å². The Kier molecular flexibility index (Phi) is 3.90. The molecule has 0 spiro atoms. The number of thiazole rings is 1. The van der Waals surface area contributed by atoms with Crippen LogP contribution in [0.25, 0.3) is 10.4 Å². The van der Waals surface area contributed by atoms with E-state index in [0.717, 1.165) is 10.6 Å². The zero-order chi connectivity index (χ0) is 13.3. The molecule has 0 bridgehead atoms. The van der Waals surface area contributed by atoms with Crippen LogP contribution in [0.3, 0.4) is 0 Å². The number of hydrogen-bond donors (Lipinski definition) is 0. The van der Waals surface area contributed by atoms with Crippen LogP contribution >= 0.6 is 34.5 Å². The molecule has 6 heteroatoms. The molecule has 0 fully saturated rings. The van der Waals surface area contributed by atoms with E-state index in [9.17, 15) is 4.79 Å². The van der Waals surface area contributed by atoms with Crippen LogP contribution in [-0.4, -0.2) is 18.1 Å². The van der Waals surface area contributed by atoms with Gasteiger partial charge in [-0.25, -0.2) is 9.78 Å². The summed E-state index contributed by atoms with van der Waals surface area (Å²) in [5.41, 5.74) is 1.01. The van der Waals surface area contributed by atoms with Gasteiger partial charge >= 0.3 is 5.97 Å². The van der Waals surface area contributed by atoms with Gasteiger partial charge in [0.15, 0.2) is 5.69 Å². The van der Waals surface area contributed by atoms with Gasteiger partial charge < -0.3 is 4.74 Å². The number of esters is 1. The number of benzene rings is 1. The van der Waals surface area contributed by atoms with Gasteiger partial charge in [-0.1, -0.05) is 29.3 Å². The molecule has 94 valence electrons. The number of hydrogen-bond acceptors (Lipinski definition) is 4. The lowest BCUT2D eigenvalue weighted by atomic mass is 10.1. The molecule has 0 saturated heterocycles. The molecule has 0 radical (unpaired) electrons. The van der Waals surface area contributed by atoms with Gasteiger partial charge in [-0.15, -0.1) is 11.3 Å². The topological polar surface area (TPSA) is 39.2 Å². The highest BCUT2D eigenvalue weighted by atomic mass is 35.5. The van der Waals surface area contributed by atoms with Crippen LogP contribution in [0, 0.1) is 6.92 Å². The van der Waals surface area contributed by atoms with E-state index in [4.69, 9.17) is 27.9 Å². The monoisotopic (exact) mass is 301 g/mol. The van der Waals surface area contributed by atoms with Crippen LogP contribution in [0.1, 0.15) is 15.5 Å². The SMILES string of the molecule is COC(=O)c1nc(C)sc1-c1ccc(Cl)cc1Cl. The average Bonchev–Trinajstić information content (AvgIpc) is 2.70. The molecule has 18 heavy (non-hydrogen) atoms. The highest BCUT2D eigenvalue weighted by molar-refractivity contribution is 7.15. The molecule has 0 aliphatic carbocycles. The number of methoxy groups -OCH3 is 1. The number of carbonyl (C=O) groups excluding carboxylic acids is 1. The summed E-state index contributed by atoms with van der Waals surface area (Å²) in [6, 6.07) is 5.12. The third-order valence-corrected chi connectivity index (χ3v) is 3.84. The van der Waals surface area contributed by atoms with Crippen molar-refractivity contribution in [1.82, 2.24) is 4.98 Å². The Balaban J connectivity index is 2.60. The summed E-state index contributed by atoms with van der Waals surface area (Å²) in [7, 11) is 1.32. The predicted octanol–water partition coefficient (Wildman–Crippen LogP) is 4.21. The van der Waals surface area contributed by atoms with Gasteiger partial charge in [-0.3, -0.25) is 0 Å². The van der Waals surface area contributed by atoms with E-state index in [-0.39, 0.29) is 5.69 Å². The van der Waals surface area contributed by atoms with Crippen LogP contribution in [0.5, 0.6) is 0 Å². The van der Waals surface area contributed by atoms with Crippen molar-refractivity contribution in [3.05, 3.63) is 38.9 Å². The molecule has 2 rings (SSSR count). The molecule has 3 nitrogen and oxygen atoms in total. The van der Waals surface area contributed by atoms with E-state index >= 15 is 0 Å². The Morgan fingerprint density at radius 1 is 1.39 bits per heavy atom. The van der Waals surface area contributed by atoms with Gasteiger partial charge in [0.1, 0.15) is 0 Å².